The molecule has 0 fully saturated rings. The summed E-state index contributed by atoms with van der Waals surface area (Å²) in [6.07, 6.45) is -1.69. The molecule has 17 heavy (non-hydrogen) atoms. The van der Waals surface area contributed by atoms with Gasteiger partial charge in [0.15, 0.2) is 5.84 Å². The van der Waals surface area contributed by atoms with E-state index in [0.29, 0.717) is 5.69 Å². The summed E-state index contributed by atoms with van der Waals surface area (Å²) in [4.78, 5) is 0. The van der Waals surface area contributed by atoms with E-state index in [1.54, 1.807) is 7.05 Å². The van der Waals surface area contributed by atoms with Crippen LogP contribution in [0.3, 0.4) is 0 Å². The molecule has 0 saturated carbocycles. The smallest absolute Gasteiger partial charge is 0.400 e. The minimum absolute atomic E-state index is 0.424. The van der Waals surface area contributed by atoms with Crippen molar-refractivity contribution in [3.63, 3.8) is 0 Å². The molecule has 1 heterocycles. The van der Waals surface area contributed by atoms with Gasteiger partial charge in [0.25, 0.3) is 0 Å². The number of aromatic nitrogens is 2. The number of nitrogens with zero attached hydrogens (tertiary/aromatic N) is 3. The molecule has 6 nitrogen and oxygen atoms in total. The van der Waals surface area contributed by atoms with Crippen LogP contribution in [-0.4, -0.2) is 33.5 Å². The molecule has 1 aromatic rings. The lowest BCUT2D eigenvalue weighted by atomic mass is 10.1. The second-order valence-electron chi connectivity index (χ2n) is 3.40. The van der Waals surface area contributed by atoms with Crippen LogP contribution >= 0.6 is 0 Å². The van der Waals surface area contributed by atoms with Crippen LogP contribution in [-0.2, 0) is 7.05 Å². The zero-order valence-electron chi connectivity index (χ0n) is 8.94. The van der Waals surface area contributed by atoms with E-state index in [4.69, 9.17) is 10.9 Å². The summed E-state index contributed by atoms with van der Waals surface area (Å²) in [6, 6.07) is 0. The molecule has 0 amide bonds. The zero-order chi connectivity index (χ0) is 13.1. The third kappa shape index (κ3) is 3.54. The average Bonchev–Trinajstić information content (AvgIpc) is 2.62. The van der Waals surface area contributed by atoms with Crippen molar-refractivity contribution in [1.29, 1.82) is 0 Å². The van der Waals surface area contributed by atoms with Crippen molar-refractivity contribution in [2.24, 2.45) is 23.9 Å². The topological polar surface area (TPSA) is 88.5 Å². The van der Waals surface area contributed by atoms with Gasteiger partial charge in [-0.3, -0.25) is 4.68 Å². The summed E-state index contributed by atoms with van der Waals surface area (Å²) in [7, 11) is 1.63. The molecule has 0 saturated heterocycles. The van der Waals surface area contributed by atoms with E-state index in [1.165, 1.54) is 17.1 Å². The van der Waals surface area contributed by atoms with Crippen LogP contribution in [0.25, 0.3) is 0 Å². The number of nitrogens with two attached hydrogens (primary N) is 1. The molecular weight excluding hydrogens is 239 g/mol. The van der Waals surface area contributed by atoms with E-state index >= 15 is 0 Å². The lowest BCUT2D eigenvalue weighted by molar-refractivity contribution is -0.152. The van der Waals surface area contributed by atoms with E-state index in [2.05, 4.69) is 15.6 Å². The average molecular weight is 251 g/mol. The standard InChI is InChI=1S/C8H12F3N5O/c1-16-4-5(2-14-16)13-3-6(7(12)15-17)8(9,10)11/h2,4,6,13,17H,3H2,1H3,(H2,12,15). The van der Waals surface area contributed by atoms with Gasteiger partial charge in [-0.25, -0.2) is 0 Å². The summed E-state index contributed by atoms with van der Waals surface area (Å²) in [5, 5.41) is 17.0. The van der Waals surface area contributed by atoms with Gasteiger partial charge in [0.1, 0.15) is 5.92 Å². The Bertz CT molecular complexity index is 400. The highest BCUT2D eigenvalue weighted by molar-refractivity contribution is 5.83. The Labute approximate surface area is 94.9 Å². The van der Waals surface area contributed by atoms with Crippen molar-refractivity contribution < 1.29 is 18.4 Å². The Morgan fingerprint density at radius 2 is 2.35 bits per heavy atom. The fourth-order valence-electron chi connectivity index (χ4n) is 1.19. The summed E-state index contributed by atoms with van der Waals surface area (Å²) in [5.41, 5.74) is 5.42. The van der Waals surface area contributed by atoms with Gasteiger partial charge in [-0.2, -0.15) is 18.3 Å². The number of hydrogen-bond donors (Lipinski definition) is 3. The van der Waals surface area contributed by atoms with Gasteiger partial charge >= 0.3 is 6.18 Å². The predicted molar refractivity (Wildman–Crippen MR) is 54.7 cm³/mol. The Morgan fingerprint density at radius 3 is 2.76 bits per heavy atom. The Kier molecular flexibility index (Phi) is 3.81. The highest BCUT2D eigenvalue weighted by Crippen LogP contribution is 2.26. The van der Waals surface area contributed by atoms with Crippen LogP contribution in [0, 0.1) is 5.92 Å². The van der Waals surface area contributed by atoms with Crippen LogP contribution in [0.4, 0.5) is 18.9 Å². The summed E-state index contributed by atoms with van der Waals surface area (Å²) in [5.74, 6) is -2.93. The van der Waals surface area contributed by atoms with Crippen molar-refractivity contribution in [2.75, 3.05) is 11.9 Å². The van der Waals surface area contributed by atoms with Crippen LogP contribution in [0.1, 0.15) is 0 Å². The Balaban J connectivity index is 2.68. The van der Waals surface area contributed by atoms with Gasteiger partial charge in [0.05, 0.1) is 11.9 Å². The molecule has 9 heteroatoms. The number of rotatable bonds is 4. The second kappa shape index (κ2) is 4.93. The summed E-state index contributed by atoms with van der Waals surface area (Å²) >= 11 is 0. The molecule has 0 aliphatic rings. The molecule has 1 unspecified atom stereocenters. The minimum Gasteiger partial charge on any atom is -0.409 e. The van der Waals surface area contributed by atoms with Crippen molar-refractivity contribution in [3.8, 4) is 0 Å². The van der Waals surface area contributed by atoms with Crippen LogP contribution in [0.2, 0.25) is 0 Å². The van der Waals surface area contributed by atoms with Gasteiger partial charge in [-0.05, 0) is 0 Å². The first kappa shape index (κ1) is 13.1. The molecule has 0 aliphatic heterocycles. The summed E-state index contributed by atoms with van der Waals surface area (Å²) < 4.78 is 39.0. The molecule has 0 spiro atoms. The molecule has 0 aromatic carbocycles. The van der Waals surface area contributed by atoms with Crippen molar-refractivity contribution in [1.82, 2.24) is 9.78 Å². The van der Waals surface area contributed by atoms with E-state index in [9.17, 15) is 13.2 Å². The molecule has 0 aliphatic carbocycles. The molecule has 1 aromatic heterocycles. The van der Waals surface area contributed by atoms with Gasteiger partial charge < -0.3 is 16.3 Å². The fourth-order valence-corrected chi connectivity index (χ4v) is 1.19. The normalized spacial score (nSPS) is 14.7. The lowest BCUT2D eigenvalue weighted by Gasteiger charge is -2.19. The predicted octanol–water partition coefficient (Wildman–Crippen LogP) is 0.757. The van der Waals surface area contributed by atoms with E-state index in [0.717, 1.165) is 0 Å². The molecule has 1 atom stereocenters. The number of aryl methyl sites for hydroxylation is 1. The Morgan fingerprint density at radius 1 is 1.71 bits per heavy atom. The first-order valence-electron chi connectivity index (χ1n) is 4.61. The highest BCUT2D eigenvalue weighted by Gasteiger charge is 2.42. The lowest BCUT2D eigenvalue weighted by Crippen LogP contribution is -2.40. The number of nitrogens with one attached hydrogen (secondary N) is 1. The maximum absolute atomic E-state index is 12.5. The second-order valence-corrected chi connectivity index (χ2v) is 3.40. The maximum Gasteiger partial charge on any atom is 0.400 e. The van der Waals surface area contributed by atoms with Crippen molar-refractivity contribution in [3.05, 3.63) is 12.4 Å². The summed E-state index contributed by atoms with van der Waals surface area (Å²) in [6.45, 7) is -0.523. The van der Waals surface area contributed by atoms with Gasteiger partial charge in [0.2, 0.25) is 0 Å². The minimum atomic E-state index is -4.58. The number of anilines is 1. The van der Waals surface area contributed by atoms with Crippen molar-refractivity contribution in [2.45, 2.75) is 6.18 Å². The maximum atomic E-state index is 12.5. The third-order valence-corrected chi connectivity index (χ3v) is 2.08. The third-order valence-electron chi connectivity index (χ3n) is 2.08. The molecule has 96 valence electrons. The highest BCUT2D eigenvalue weighted by atomic mass is 19.4. The van der Waals surface area contributed by atoms with Crippen LogP contribution < -0.4 is 11.1 Å². The Hall–Kier alpha value is -1.93. The fraction of sp³-hybridized carbons (Fsp3) is 0.500. The number of halogens is 3. The van der Waals surface area contributed by atoms with Gasteiger partial charge in [0, 0.05) is 19.8 Å². The van der Waals surface area contributed by atoms with E-state index in [-0.39, 0.29) is 0 Å². The SMILES string of the molecule is Cn1cc(NCC(/C(N)=N/O)C(F)(F)F)cn1. The van der Waals surface area contributed by atoms with Crippen molar-refractivity contribution >= 4 is 11.5 Å². The van der Waals surface area contributed by atoms with Gasteiger partial charge in [-0.1, -0.05) is 5.16 Å². The first-order valence-corrected chi connectivity index (χ1v) is 4.61. The van der Waals surface area contributed by atoms with E-state index < -0.39 is 24.5 Å². The molecule has 1 rings (SSSR count). The quantitative estimate of drug-likeness (QED) is 0.319. The molecule has 0 bridgehead atoms. The van der Waals surface area contributed by atoms with E-state index in [1.807, 2.05) is 0 Å². The number of oxime groups is 1. The monoisotopic (exact) mass is 251 g/mol. The van der Waals surface area contributed by atoms with Crippen LogP contribution in [0.5, 0.6) is 0 Å². The number of hydrogen-bond acceptors (Lipinski definition) is 4. The molecular formula is C8H12F3N5O. The molecule has 0 radical (unpaired) electrons. The zero-order valence-corrected chi connectivity index (χ0v) is 8.94. The van der Waals surface area contributed by atoms with Gasteiger partial charge in [-0.15, -0.1) is 0 Å². The van der Waals surface area contributed by atoms with Crippen LogP contribution in [0.15, 0.2) is 17.5 Å². The number of alkyl halides is 3. The first-order chi connectivity index (χ1) is 7.84. The largest absolute Gasteiger partial charge is 0.409 e. The number of amidine groups is 1. The molecule has 4 N–H and O–H groups in total.